The Labute approximate surface area is 127 Å². The molecule has 116 valence electrons. The molecule has 2 rings (SSSR count). The second kappa shape index (κ2) is 6.82. The Balaban J connectivity index is 2.20. The Hall–Kier alpha value is -2.73. The van der Waals surface area contributed by atoms with Crippen LogP contribution in [0.4, 0.5) is 5.69 Å². The van der Waals surface area contributed by atoms with Gasteiger partial charge < -0.3 is 25.3 Å². The van der Waals surface area contributed by atoms with Crippen molar-refractivity contribution in [3.05, 3.63) is 54.1 Å². The lowest BCUT2D eigenvalue weighted by Crippen LogP contribution is -2.42. The molecule has 0 aliphatic carbocycles. The fourth-order valence-corrected chi connectivity index (χ4v) is 2.16. The maximum Gasteiger partial charge on any atom is 0.354 e. The van der Waals surface area contributed by atoms with Crippen molar-refractivity contribution in [3.63, 3.8) is 0 Å². The summed E-state index contributed by atoms with van der Waals surface area (Å²) in [5.74, 6) is -1.34. The van der Waals surface area contributed by atoms with Crippen molar-refractivity contribution in [3.8, 4) is 11.5 Å². The van der Waals surface area contributed by atoms with Gasteiger partial charge in [0.05, 0.1) is 0 Å². The number of aliphatic hydroxyl groups excluding tert-OH is 1. The van der Waals surface area contributed by atoms with Gasteiger partial charge in [-0.05, 0) is 42.3 Å². The average molecular weight is 303 g/mol. The number of carboxylic acids is 1. The first-order chi connectivity index (χ1) is 10.5. The Morgan fingerprint density at radius 3 is 2.41 bits per heavy atom. The van der Waals surface area contributed by atoms with E-state index in [1.807, 2.05) is 0 Å². The third-order valence-corrected chi connectivity index (χ3v) is 3.29. The monoisotopic (exact) mass is 303 g/mol. The maximum atomic E-state index is 11.1. The van der Waals surface area contributed by atoms with E-state index in [0.29, 0.717) is 11.3 Å². The predicted octanol–water partition coefficient (Wildman–Crippen LogP) is 1.55. The number of benzene rings is 2. The Bertz CT molecular complexity index is 644. The van der Waals surface area contributed by atoms with Crippen LogP contribution in [-0.4, -0.2) is 39.2 Å². The van der Waals surface area contributed by atoms with Crippen LogP contribution in [0.1, 0.15) is 5.56 Å². The Morgan fingerprint density at radius 1 is 1.09 bits per heavy atom. The number of hydrogen-bond donors (Lipinski definition) is 4. The van der Waals surface area contributed by atoms with Crippen LogP contribution < -0.4 is 4.90 Å². The summed E-state index contributed by atoms with van der Waals surface area (Å²) in [6.07, 6.45) is -1.43. The minimum Gasteiger partial charge on any atom is -0.508 e. The van der Waals surface area contributed by atoms with E-state index in [2.05, 4.69) is 0 Å². The Morgan fingerprint density at radius 2 is 1.77 bits per heavy atom. The Kier molecular flexibility index (Phi) is 4.85. The summed E-state index contributed by atoms with van der Waals surface area (Å²) >= 11 is 0. The number of carbonyl (C=O) groups is 1. The highest BCUT2D eigenvalue weighted by Crippen LogP contribution is 2.24. The summed E-state index contributed by atoms with van der Waals surface area (Å²) in [6.45, 7) is 0.161. The number of rotatable bonds is 6. The molecule has 0 aliphatic heterocycles. The van der Waals surface area contributed by atoms with Crippen LogP contribution in [0, 0.1) is 0 Å². The molecular formula is C16H17NO5. The number of phenols is 2. The van der Waals surface area contributed by atoms with Crippen molar-refractivity contribution < 1.29 is 25.2 Å². The number of aliphatic hydroxyl groups is 1. The molecule has 0 fully saturated rings. The number of carboxylic acid groups (broad SMARTS) is 1. The highest BCUT2D eigenvalue weighted by atomic mass is 16.4. The van der Waals surface area contributed by atoms with Crippen molar-refractivity contribution in [1.82, 2.24) is 0 Å². The molecule has 1 atom stereocenters. The third kappa shape index (κ3) is 3.67. The first-order valence-corrected chi connectivity index (χ1v) is 6.72. The van der Waals surface area contributed by atoms with E-state index in [9.17, 15) is 20.1 Å². The summed E-state index contributed by atoms with van der Waals surface area (Å²) in [7, 11) is 0. The van der Waals surface area contributed by atoms with Crippen LogP contribution in [0.2, 0.25) is 0 Å². The summed E-state index contributed by atoms with van der Waals surface area (Å²) in [5.41, 5.74) is 1.02. The SMILES string of the molecule is O=C(O)C(O)N(CCc1cc(O)ccc1O)c1ccccc1. The van der Waals surface area contributed by atoms with E-state index in [-0.39, 0.29) is 24.5 Å². The van der Waals surface area contributed by atoms with Gasteiger partial charge >= 0.3 is 5.97 Å². The number of aliphatic carboxylic acids is 1. The molecule has 0 saturated carbocycles. The van der Waals surface area contributed by atoms with Gasteiger partial charge in [-0.15, -0.1) is 0 Å². The largest absolute Gasteiger partial charge is 0.508 e. The molecule has 0 aliphatic rings. The maximum absolute atomic E-state index is 11.1. The fourth-order valence-electron chi connectivity index (χ4n) is 2.16. The summed E-state index contributed by atoms with van der Waals surface area (Å²) in [4.78, 5) is 12.4. The van der Waals surface area contributed by atoms with Gasteiger partial charge in [0.25, 0.3) is 0 Å². The van der Waals surface area contributed by atoms with E-state index in [0.717, 1.165) is 0 Å². The van der Waals surface area contributed by atoms with Crippen LogP contribution in [0.3, 0.4) is 0 Å². The molecule has 2 aromatic carbocycles. The summed E-state index contributed by atoms with van der Waals surface area (Å²) < 4.78 is 0. The molecule has 0 saturated heterocycles. The zero-order chi connectivity index (χ0) is 16.1. The van der Waals surface area contributed by atoms with Crippen LogP contribution in [0.5, 0.6) is 11.5 Å². The average Bonchev–Trinajstić information content (AvgIpc) is 2.51. The standard InChI is InChI=1S/C16H17NO5/c18-13-6-7-14(19)11(10-13)8-9-17(15(20)16(21)22)12-4-2-1-3-5-12/h1-7,10,15,18-20H,8-9H2,(H,21,22). The second-order valence-corrected chi connectivity index (χ2v) is 4.80. The van der Waals surface area contributed by atoms with Gasteiger partial charge in [0.15, 0.2) is 0 Å². The topological polar surface area (TPSA) is 101 Å². The molecule has 6 heteroatoms. The van der Waals surface area contributed by atoms with Crippen LogP contribution in [-0.2, 0) is 11.2 Å². The summed E-state index contributed by atoms with van der Waals surface area (Å²) in [6, 6.07) is 12.8. The van der Waals surface area contributed by atoms with E-state index in [4.69, 9.17) is 5.11 Å². The number of phenolic OH excluding ortho intramolecular Hbond substituents is 2. The van der Waals surface area contributed by atoms with Gasteiger partial charge in [0.1, 0.15) is 11.5 Å². The highest BCUT2D eigenvalue weighted by molar-refractivity contribution is 5.76. The van der Waals surface area contributed by atoms with Crippen molar-refractivity contribution in [2.24, 2.45) is 0 Å². The molecule has 0 aromatic heterocycles. The molecule has 4 N–H and O–H groups in total. The molecule has 2 aromatic rings. The lowest BCUT2D eigenvalue weighted by molar-refractivity contribution is -0.146. The van der Waals surface area contributed by atoms with Gasteiger partial charge in [0.2, 0.25) is 6.23 Å². The first-order valence-electron chi connectivity index (χ1n) is 6.72. The first kappa shape index (κ1) is 15.7. The lowest BCUT2D eigenvalue weighted by atomic mass is 10.1. The number of aromatic hydroxyl groups is 2. The van der Waals surface area contributed by atoms with Crippen LogP contribution >= 0.6 is 0 Å². The normalized spacial score (nSPS) is 11.9. The number of hydrogen-bond acceptors (Lipinski definition) is 5. The molecule has 0 amide bonds. The second-order valence-electron chi connectivity index (χ2n) is 4.80. The van der Waals surface area contributed by atoms with Crippen molar-refractivity contribution in [2.75, 3.05) is 11.4 Å². The molecule has 1 unspecified atom stereocenters. The quantitative estimate of drug-likeness (QED) is 0.477. The zero-order valence-electron chi connectivity index (χ0n) is 11.8. The third-order valence-electron chi connectivity index (χ3n) is 3.29. The summed E-state index contributed by atoms with van der Waals surface area (Å²) in [5, 5.41) is 38.1. The van der Waals surface area contributed by atoms with Crippen molar-refractivity contribution in [2.45, 2.75) is 12.6 Å². The van der Waals surface area contributed by atoms with Gasteiger partial charge in [-0.25, -0.2) is 4.79 Å². The number of nitrogens with zero attached hydrogens (tertiary/aromatic N) is 1. The van der Waals surface area contributed by atoms with E-state index >= 15 is 0 Å². The lowest BCUT2D eigenvalue weighted by Gasteiger charge is -2.27. The molecular weight excluding hydrogens is 286 g/mol. The van der Waals surface area contributed by atoms with Gasteiger partial charge in [-0.2, -0.15) is 0 Å². The van der Waals surface area contributed by atoms with Gasteiger partial charge in [0, 0.05) is 12.2 Å². The molecule has 0 heterocycles. The van der Waals surface area contributed by atoms with E-state index in [1.54, 1.807) is 30.3 Å². The van der Waals surface area contributed by atoms with Crippen LogP contribution in [0.15, 0.2) is 48.5 Å². The fraction of sp³-hybridized carbons (Fsp3) is 0.188. The highest BCUT2D eigenvalue weighted by Gasteiger charge is 2.23. The van der Waals surface area contributed by atoms with Crippen molar-refractivity contribution >= 4 is 11.7 Å². The minimum absolute atomic E-state index is 0.00984. The zero-order valence-corrected chi connectivity index (χ0v) is 11.8. The smallest absolute Gasteiger partial charge is 0.354 e. The molecule has 0 spiro atoms. The van der Waals surface area contributed by atoms with Crippen molar-refractivity contribution in [1.29, 1.82) is 0 Å². The molecule has 0 radical (unpaired) electrons. The van der Waals surface area contributed by atoms with Gasteiger partial charge in [-0.1, -0.05) is 18.2 Å². The predicted molar refractivity (Wildman–Crippen MR) is 80.9 cm³/mol. The van der Waals surface area contributed by atoms with E-state index in [1.165, 1.54) is 23.1 Å². The molecule has 22 heavy (non-hydrogen) atoms. The van der Waals surface area contributed by atoms with Gasteiger partial charge in [-0.3, -0.25) is 0 Å². The van der Waals surface area contributed by atoms with E-state index < -0.39 is 12.2 Å². The molecule has 6 nitrogen and oxygen atoms in total. The number of anilines is 1. The van der Waals surface area contributed by atoms with Crippen LogP contribution in [0.25, 0.3) is 0 Å². The molecule has 0 bridgehead atoms. The number of para-hydroxylation sites is 1. The minimum atomic E-state index is -1.69.